The Morgan fingerprint density at radius 1 is 1.05 bits per heavy atom. The molecular formula is C15H23N3O3. The zero-order valence-electron chi connectivity index (χ0n) is 12.3. The van der Waals surface area contributed by atoms with Crippen molar-refractivity contribution in [1.29, 1.82) is 0 Å². The van der Waals surface area contributed by atoms with Gasteiger partial charge in [-0.2, -0.15) is 5.01 Å². The number of amides is 4. The quantitative estimate of drug-likeness (QED) is 0.763. The Morgan fingerprint density at radius 3 is 2.33 bits per heavy atom. The van der Waals surface area contributed by atoms with Crippen molar-refractivity contribution in [3.8, 4) is 0 Å². The van der Waals surface area contributed by atoms with E-state index in [0.717, 1.165) is 56.4 Å². The van der Waals surface area contributed by atoms with E-state index in [1.807, 2.05) is 0 Å². The number of rotatable bonds is 2. The lowest BCUT2D eigenvalue weighted by atomic mass is 9.82. The highest BCUT2D eigenvalue weighted by molar-refractivity contribution is 6.08. The molecule has 2 saturated carbocycles. The highest BCUT2D eigenvalue weighted by Gasteiger charge is 2.52. The van der Waals surface area contributed by atoms with E-state index in [-0.39, 0.29) is 17.7 Å². The molecule has 21 heavy (non-hydrogen) atoms. The van der Waals surface area contributed by atoms with Crippen LogP contribution < -0.4 is 10.7 Å². The predicted octanol–water partition coefficient (Wildman–Crippen LogP) is 1.85. The van der Waals surface area contributed by atoms with Gasteiger partial charge in [-0.15, -0.1) is 0 Å². The average Bonchev–Trinajstić information content (AvgIpc) is 2.73. The lowest BCUT2D eigenvalue weighted by molar-refractivity contribution is -0.141. The average molecular weight is 293 g/mol. The first kappa shape index (κ1) is 14.4. The molecule has 1 saturated heterocycles. The van der Waals surface area contributed by atoms with Crippen molar-refractivity contribution in [2.45, 2.75) is 69.7 Å². The van der Waals surface area contributed by atoms with Gasteiger partial charge in [0.15, 0.2) is 0 Å². The van der Waals surface area contributed by atoms with Crippen molar-refractivity contribution >= 4 is 17.8 Å². The van der Waals surface area contributed by atoms with Crippen molar-refractivity contribution < 1.29 is 14.4 Å². The summed E-state index contributed by atoms with van der Waals surface area (Å²) in [5.74, 6) is -0.537. The molecule has 0 aromatic heterocycles. The van der Waals surface area contributed by atoms with Crippen LogP contribution in [0, 0.1) is 5.92 Å². The minimum atomic E-state index is -0.769. The van der Waals surface area contributed by atoms with Crippen LogP contribution in [0.2, 0.25) is 0 Å². The van der Waals surface area contributed by atoms with E-state index in [2.05, 4.69) is 10.7 Å². The summed E-state index contributed by atoms with van der Waals surface area (Å²) in [6.45, 7) is 0. The summed E-state index contributed by atoms with van der Waals surface area (Å²) in [7, 11) is 0. The molecule has 4 amide bonds. The number of hydrazine groups is 1. The van der Waals surface area contributed by atoms with E-state index < -0.39 is 11.6 Å². The molecule has 1 spiro atoms. The minimum Gasteiger partial charge on any atom is -0.322 e. The van der Waals surface area contributed by atoms with Crippen LogP contribution in [0.5, 0.6) is 0 Å². The van der Waals surface area contributed by atoms with Gasteiger partial charge >= 0.3 is 6.03 Å². The van der Waals surface area contributed by atoms with Crippen molar-refractivity contribution in [3.05, 3.63) is 0 Å². The fraction of sp³-hybridized carbons (Fsp3) is 0.800. The van der Waals surface area contributed by atoms with Gasteiger partial charge in [0.2, 0.25) is 5.91 Å². The molecule has 1 heterocycles. The summed E-state index contributed by atoms with van der Waals surface area (Å²) in [5, 5.41) is 3.72. The first-order valence-corrected chi connectivity index (χ1v) is 8.10. The molecule has 0 bridgehead atoms. The van der Waals surface area contributed by atoms with E-state index in [4.69, 9.17) is 0 Å². The molecule has 3 fully saturated rings. The summed E-state index contributed by atoms with van der Waals surface area (Å²) in [6, 6.07) is -0.481. The van der Waals surface area contributed by atoms with Crippen molar-refractivity contribution in [1.82, 2.24) is 15.8 Å². The summed E-state index contributed by atoms with van der Waals surface area (Å²) in [4.78, 5) is 36.8. The molecule has 0 unspecified atom stereocenters. The van der Waals surface area contributed by atoms with Gasteiger partial charge in [-0.05, 0) is 25.7 Å². The Balaban J connectivity index is 1.66. The van der Waals surface area contributed by atoms with Gasteiger partial charge in [0.25, 0.3) is 5.91 Å². The molecule has 3 aliphatic rings. The summed E-state index contributed by atoms with van der Waals surface area (Å²) in [5.41, 5.74) is 1.78. The largest absolute Gasteiger partial charge is 0.344 e. The van der Waals surface area contributed by atoms with E-state index in [1.165, 1.54) is 0 Å². The van der Waals surface area contributed by atoms with Crippen LogP contribution >= 0.6 is 0 Å². The molecule has 0 aromatic rings. The first-order valence-electron chi connectivity index (χ1n) is 8.10. The number of hydrogen-bond donors (Lipinski definition) is 2. The van der Waals surface area contributed by atoms with E-state index in [9.17, 15) is 14.4 Å². The third-order valence-corrected chi connectivity index (χ3v) is 5.07. The van der Waals surface area contributed by atoms with Crippen LogP contribution in [-0.2, 0) is 9.59 Å². The third kappa shape index (κ3) is 2.63. The second-order valence-electron chi connectivity index (χ2n) is 6.52. The van der Waals surface area contributed by atoms with E-state index in [0.29, 0.717) is 12.8 Å². The standard InChI is InChI=1S/C15H23N3O3/c19-12(11-7-3-1-4-8-11)17-18-13(20)15(16-14(18)21)9-5-2-6-10-15/h11H,1-10H2,(H,16,21)(H,17,19). The van der Waals surface area contributed by atoms with Gasteiger partial charge in [0.05, 0.1) is 0 Å². The maximum Gasteiger partial charge on any atom is 0.344 e. The molecule has 6 nitrogen and oxygen atoms in total. The molecule has 3 rings (SSSR count). The summed E-state index contributed by atoms with van der Waals surface area (Å²) >= 11 is 0. The minimum absolute atomic E-state index is 0.0674. The van der Waals surface area contributed by atoms with Crippen LogP contribution in [-0.4, -0.2) is 28.4 Å². The van der Waals surface area contributed by atoms with Crippen molar-refractivity contribution in [2.24, 2.45) is 5.92 Å². The highest BCUT2D eigenvalue weighted by atomic mass is 16.2. The second kappa shape index (κ2) is 5.66. The van der Waals surface area contributed by atoms with Gasteiger partial charge in [0.1, 0.15) is 5.54 Å². The lowest BCUT2D eigenvalue weighted by Gasteiger charge is -2.30. The SMILES string of the molecule is O=C(NN1C(=O)NC2(CCCCC2)C1=O)C1CCCCC1. The molecule has 0 aromatic carbocycles. The number of imide groups is 1. The fourth-order valence-corrected chi connectivity index (χ4v) is 3.78. The van der Waals surface area contributed by atoms with Crippen LogP contribution in [0.15, 0.2) is 0 Å². The Hall–Kier alpha value is -1.59. The van der Waals surface area contributed by atoms with Crippen LogP contribution in [0.25, 0.3) is 0 Å². The van der Waals surface area contributed by atoms with Crippen LogP contribution in [0.4, 0.5) is 4.79 Å². The molecule has 0 radical (unpaired) electrons. The van der Waals surface area contributed by atoms with Gasteiger partial charge in [-0.1, -0.05) is 38.5 Å². The smallest absolute Gasteiger partial charge is 0.322 e. The van der Waals surface area contributed by atoms with Gasteiger partial charge < -0.3 is 5.32 Å². The van der Waals surface area contributed by atoms with Crippen LogP contribution in [0.3, 0.4) is 0 Å². The lowest BCUT2D eigenvalue weighted by Crippen LogP contribution is -2.52. The summed E-state index contributed by atoms with van der Waals surface area (Å²) < 4.78 is 0. The molecule has 1 aliphatic heterocycles. The molecule has 2 N–H and O–H groups in total. The topological polar surface area (TPSA) is 78.5 Å². The normalized spacial score (nSPS) is 26.0. The fourth-order valence-electron chi connectivity index (χ4n) is 3.78. The predicted molar refractivity (Wildman–Crippen MR) is 75.9 cm³/mol. The number of nitrogens with zero attached hydrogens (tertiary/aromatic N) is 1. The molecule has 116 valence electrons. The Bertz CT molecular complexity index is 451. The molecule has 6 heteroatoms. The molecule has 0 atom stereocenters. The highest BCUT2D eigenvalue weighted by Crippen LogP contribution is 2.33. The maximum atomic E-state index is 12.5. The third-order valence-electron chi connectivity index (χ3n) is 5.07. The van der Waals surface area contributed by atoms with Gasteiger partial charge in [-0.25, -0.2) is 4.79 Å². The van der Waals surface area contributed by atoms with E-state index >= 15 is 0 Å². The van der Waals surface area contributed by atoms with Gasteiger partial charge in [-0.3, -0.25) is 15.0 Å². The first-order chi connectivity index (χ1) is 10.1. The van der Waals surface area contributed by atoms with E-state index in [1.54, 1.807) is 0 Å². The van der Waals surface area contributed by atoms with Crippen LogP contribution in [0.1, 0.15) is 64.2 Å². The monoisotopic (exact) mass is 293 g/mol. The Morgan fingerprint density at radius 2 is 1.67 bits per heavy atom. The zero-order valence-corrected chi connectivity index (χ0v) is 12.3. The van der Waals surface area contributed by atoms with Crippen molar-refractivity contribution in [3.63, 3.8) is 0 Å². The molecule has 2 aliphatic carbocycles. The van der Waals surface area contributed by atoms with Crippen molar-refractivity contribution in [2.75, 3.05) is 0 Å². The number of hydrogen-bond acceptors (Lipinski definition) is 3. The molecular weight excluding hydrogens is 270 g/mol. The number of urea groups is 1. The van der Waals surface area contributed by atoms with Gasteiger partial charge in [0, 0.05) is 5.92 Å². The summed E-state index contributed by atoms with van der Waals surface area (Å²) in [6.07, 6.45) is 9.27. The Labute approximate surface area is 124 Å². The maximum absolute atomic E-state index is 12.5. The number of carbonyl (C=O) groups excluding carboxylic acids is 3. The number of carbonyl (C=O) groups is 3. The second-order valence-corrected chi connectivity index (χ2v) is 6.52. The number of nitrogens with one attached hydrogen (secondary N) is 2. The zero-order chi connectivity index (χ0) is 14.9. The Kier molecular flexibility index (Phi) is 3.87.